The Labute approximate surface area is 85.8 Å². The molecule has 1 rings (SSSR count). The third-order valence-electron chi connectivity index (χ3n) is 1.33. The molecule has 1 aromatic rings. The molecule has 1 aromatic carbocycles. The van der Waals surface area contributed by atoms with Gasteiger partial charge in [-0.2, -0.15) is 0 Å². The molecule has 12 heavy (non-hydrogen) atoms. The molecule has 0 spiro atoms. The Kier molecular flexibility index (Phi) is 2.74. The van der Waals surface area contributed by atoms with Crippen LogP contribution < -0.4 is 5.73 Å². The van der Waals surface area contributed by atoms with Crippen LogP contribution in [0, 0.1) is 0 Å². The number of anilines is 1. The van der Waals surface area contributed by atoms with Crippen LogP contribution in [0.3, 0.4) is 0 Å². The topological polar surface area (TPSA) is 63.3 Å². The van der Waals surface area contributed by atoms with Gasteiger partial charge in [0.2, 0.25) is 0 Å². The number of aromatic carboxylic acids is 1. The third-order valence-corrected chi connectivity index (χ3v) is 2.64. The standard InChI is InChI=1S/C7H5Br2NO2/c8-4-1-3(7(11)12)2-5(9)6(4)10/h1-2H,10H2,(H,11,12). The fraction of sp³-hybridized carbons (Fsp3) is 0. The third kappa shape index (κ3) is 1.78. The highest BCUT2D eigenvalue weighted by atomic mass is 79.9. The molecule has 0 saturated carbocycles. The molecular formula is C7H5Br2NO2. The molecule has 0 aliphatic carbocycles. The van der Waals surface area contributed by atoms with Crippen LogP contribution in [0.5, 0.6) is 0 Å². The van der Waals surface area contributed by atoms with Crippen molar-refractivity contribution in [1.82, 2.24) is 0 Å². The number of nitrogen functional groups attached to an aromatic ring is 1. The van der Waals surface area contributed by atoms with Crippen molar-refractivity contribution >= 4 is 43.5 Å². The van der Waals surface area contributed by atoms with Crippen molar-refractivity contribution in [2.75, 3.05) is 5.73 Å². The van der Waals surface area contributed by atoms with Crippen LogP contribution in [0.4, 0.5) is 5.69 Å². The molecule has 0 unspecified atom stereocenters. The number of hydrogen-bond acceptors (Lipinski definition) is 2. The molecule has 3 nitrogen and oxygen atoms in total. The molecule has 0 fully saturated rings. The number of carboxylic acid groups (broad SMARTS) is 1. The zero-order chi connectivity index (χ0) is 9.30. The lowest BCUT2D eigenvalue weighted by atomic mass is 10.2. The van der Waals surface area contributed by atoms with Crippen LogP contribution in [0.1, 0.15) is 10.4 Å². The summed E-state index contributed by atoms with van der Waals surface area (Å²) in [6, 6.07) is 2.92. The van der Waals surface area contributed by atoms with E-state index in [1.807, 2.05) is 0 Å². The molecule has 0 aliphatic rings. The van der Waals surface area contributed by atoms with Gasteiger partial charge in [0.1, 0.15) is 0 Å². The minimum absolute atomic E-state index is 0.197. The van der Waals surface area contributed by atoms with Gasteiger partial charge >= 0.3 is 5.97 Å². The number of nitrogens with two attached hydrogens (primary N) is 1. The predicted molar refractivity (Wildman–Crippen MR) is 53.2 cm³/mol. The number of carbonyl (C=O) groups is 1. The Bertz CT molecular complexity index is 315. The first-order chi connectivity index (χ1) is 5.52. The highest BCUT2D eigenvalue weighted by Gasteiger charge is 2.08. The number of hydrogen-bond donors (Lipinski definition) is 2. The molecule has 64 valence electrons. The van der Waals surface area contributed by atoms with Crippen LogP contribution >= 0.6 is 31.9 Å². The van der Waals surface area contributed by atoms with Crippen LogP contribution in [0.25, 0.3) is 0 Å². The lowest BCUT2D eigenvalue weighted by molar-refractivity contribution is 0.0697. The van der Waals surface area contributed by atoms with E-state index in [-0.39, 0.29) is 5.56 Å². The lowest BCUT2D eigenvalue weighted by Gasteiger charge is -2.02. The van der Waals surface area contributed by atoms with Gasteiger partial charge in [-0.25, -0.2) is 4.79 Å². The molecule has 0 radical (unpaired) electrons. The molecule has 0 atom stereocenters. The minimum atomic E-state index is -0.976. The van der Waals surface area contributed by atoms with E-state index in [1.165, 1.54) is 12.1 Å². The molecule has 3 N–H and O–H groups in total. The Morgan fingerprint density at radius 2 is 1.75 bits per heavy atom. The molecule has 0 heterocycles. The van der Waals surface area contributed by atoms with Gasteiger partial charge in [-0.15, -0.1) is 0 Å². The largest absolute Gasteiger partial charge is 0.478 e. The van der Waals surface area contributed by atoms with Crippen molar-refractivity contribution in [3.63, 3.8) is 0 Å². The van der Waals surface area contributed by atoms with E-state index < -0.39 is 5.97 Å². The molecule has 0 bridgehead atoms. The second-order valence-corrected chi connectivity index (χ2v) is 3.87. The van der Waals surface area contributed by atoms with Gasteiger partial charge in [-0.1, -0.05) is 0 Å². The van der Waals surface area contributed by atoms with Gasteiger partial charge in [-0.05, 0) is 44.0 Å². The smallest absolute Gasteiger partial charge is 0.335 e. The van der Waals surface area contributed by atoms with Gasteiger partial charge in [0.05, 0.1) is 11.3 Å². The van der Waals surface area contributed by atoms with Crippen molar-refractivity contribution in [3.05, 3.63) is 26.6 Å². The van der Waals surface area contributed by atoms with Crippen LogP contribution in [0.15, 0.2) is 21.1 Å². The van der Waals surface area contributed by atoms with Gasteiger partial charge in [0.25, 0.3) is 0 Å². The minimum Gasteiger partial charge on any atom is -0.478 e. The maximum Gasteiger partial charge on any atom is 0.335 e. The molecular weight excluding hydrogens is 290 g/mol. The fourth-order valence-electron chi connectivity index (χ4n) is 0.708. The Balaban J connectivity index is 3.31. The highest BCUT2D eigenvalue weighted by Crippen LogP contribution is 2.29. The van der Waals surface area contributed by atoms with Gasteiger partial charge in [-0.3, -0.25) is 0 Å². The zero-order valence-corrected chi connectivity index (χ0v) is 9.02. The quantitative estimate of drug-likeness (QED) is 0.782. The summed E-state index contributed by atoms with van der Waals surface area (Å²) in [5.74, 6) is -0.976. The second kappa shape index (κ2) is 3.45. The van der Waals surface area contributed by atoms with Crippen molar-refractivity contribution in [2.45, 2.75) is 0 Å². The summed E-state index contributed by atoms with van der Waals surface area (Å²) in [5, 5.41) is 8.64. The van der Waals surface area contributed by atoms with E-state index in [9.17, 15) is 4.79 Å². The second-order valence-electron chi connectivity index (χ2n) is 2.16. The van der Waals surface area contributed by atoms with E-state index in [0.29, 0.717) is 14.6 Å². The molecule has 0 saturated heterocycles. The summed E-state index contributed by atoms with van der Waals surface area (Å²) in [7, 11) is 0. The van der Waals surface area contributed by atoms with Crippen LogP contribution in [-0.2, 0) is 0 Å². The number of carboxylic acids is 1. The first kappa shape index (κ1) is 9.54. The molecule has 0 aromatic heterocycles. The summed E-state index contributed by atoms with van der Waals surface area (Å²) >= 11 is 6.29. The van der Waals surface area contributed by atoms with Gasteiger partial charge in [0.15, 0.2) is 0 Å². The number of halogens is 2. The van der Waals surface area contributed by atoms with E-state index in [2.05, 4.69) is 31.9 Å². The Morgan fingerprint density at radius 1 is 1.33 bits per heavy atom. The summed E-state index contributed by atoms with van der Waals surface area (Å²) in [6.45, 7) is 0. The highest BCUT2D eigenvalue weighted by molar-refractivity contribution is 9.11. The summed E-state index contributed by atoms with van der Waals surface area (Å²) < 4.78 is 1.16. The lowest BCUT2D eigenvalue weighted by Crippen LogP contribution is -1.98. The van der Waals surface area contributed by atoms with Crippen molar-refractivity contribution in [1.29, 1.82) is 0 Å². The maximum absolute atomic E-state index is 10.5. The summed E-state index contributed by atoms with van der Waals surface area (Å²) in [4.78, 5) is 10.5. The molecule has 0 amide bonds. The Morgan fingerprint density at radius 3 is 2.08 bits per heavy atom. The maximum atomic E-state index is 10.5. The van der Waals surface area contributed by atoms with Crippen LogP contribution in [-0.4, -0.2) is 11.1 Å². The first-order valence-corrected chi connectivity index (χ1v) is 4.59. The van der Waals surface area contributed by atoms with Gasteiger partial charge < -0.3 is 10.8 Å². The normalized spacial score (nSPS) is 9.83. The summed E-state index contributed by atoms with van der Waals surface area (Å²) in [6.07, 6.45) is 0. The van der Waals surface area contributed by atoms with Crippen molar-refractivity contribution < 1.29 is 9.90 Å². The monoisotopic (exact) mass is 293 g/mol. The number of rotatable bonds is 1. The molecule has 5 heteroatoms. The molecule has 0 aliphatic heterocycles. The SMILES string of the molecule is Nc1c(Br)cc(C(=O)O)cc1Br. The summed E-state index contributed by atoms with van der Waals surface area (Å²) in [5.41, 5.74) is 6.26. The van der Waals surface area contributed by atoms with E-state index in [1.54, 1.807) is 0 Å². The van der Waals surface area contributed by atoms with Gasteiger partial charge in [0, 0.05) is 8.95 Å². The zero-order valence-electron chi connectivity index (χ0n) is 5.84. The van der Waals surface area contributed by atoms with E-state index in [4.69, 9.17) is 10.8 Å². The van der Waals surface area contributed by atoms with E-state index >= 15 is 0 Å². The van der Waals surface area contributed by atoms with Crippen molar-refractivity contribution in [3.8, 4) is 0 Å². The average Bonchev–Trinajstić information content (AvgIpc) is 1.99. The predicted octanol–water partition coefficient (Wildman–Crippen LogP) is 2.49. The number of benzene rings is 1. The first-order valence-electron chi connectivity index (χ1n) is 3.00. The van der Waals surface area contributed by atoms with Crippen LogP contribution in [0.2, 0.25) is 0 Å². The van der Waals surface area contributed by atoms with Crippen molar-refractivity contribution in [2.24, 2.45) is 0 Å². The Hall–Kier alpha value is -0.550. The average molecular weight is 295 g/mol. The fourth-order valence-corrected chi connectivity index (χ4v) is 1.89. The van der Waals surface area contributed by atoms with E-state index in [0.717, 1.165) is 0 Å².